The van der Waals surface area contributed by atoms with Crippen LogP contribution in [0, 0.1) is 0 Å². The Morgan fingerprint density at radius 1 is 1.03 bits per heavy atom. The van der Waals surface area contributed by atoms with Gasteiger partial charge in [0.05, 0.1) is 25.7 Å². The maximum atomic E-state index is 11.8. The number of hydrogen-bond acceptors (Lipinski definition) is 6. The summed E-state index contributed by atoms with van der Waals surface area (Å²) in [6, 6.07) is 20.9. The molecular formula is C28H30N6O2. The Balaban J connectivity index is 1.39. The Bertz CT molecular complexity index is 1290. The molecule has 8 heteroatoms. The van der Waals surface area contributed by atoms with Gasteiger partial charge < -0.3 is 19.5 Å². The molecule has 0 aliphatic carbocycles. The predicted molar refractivity (Wildman–Crippen MR) is 139 cm³/mol. The Hall–Kier alpha value is -4.17. The highest BCUT2D eigenvalue weighted by molar-refractivity contribution is 5.78. The lowest BCUT2D eigenvalue weighted by Crippen LogP contribution is -2.47. The van der Waals surface area contributed by atoms with E-state index in [9.17, 15) is 4.79 Å². The Morgan fingerprint density at radius 3 is 2.67 bits per heavy atom. The summed E-state index contributed by atoms with van der Waals surface area (Å²) in [6.07, 6.45) is 7.37. The van der Waals surface area contributed by atoms with Crippen LogP contribution in [0.15, 0.2) is 85.6 Å². The lowest BCUT2D eigenvalue weighted by Gasteiger charge is -2.28. The molecule has 0 radical (unpaired) electrons. The molecule has 2 aromatic heterocycles. The van der Waals surface area contributed by atoms with Crippen LogP contribution < -0.4 is 15.0 Å². The van der Waals surface area contributed by atoms with Crippen molar-refractivity contribution in [3.05, 3.63) is 102 Å². The van der Waals surface area contributed by atoms with Gasteiger partial charge in [-0.3, -0.25) is 14.7 Å². The van der Waals surface area contributed by atoms with Crippen LogP contribution in [0.25, 0.3) is 5.69 Å². The van der Waals surface area contributed by atoms with Crippen LogP contribution in [0.4, 0.5) is 5.69 Å². The van der Waals surface area contributed by atoms with Crippen LogP contribution >= 0.6 is 0 Å². The number of methoxy groups -OCH3 is 1. The predicted octanol–water partition coefficient (Wildman–Crippen LogP) is 3.41. The quantitative estimate of drug-likeness (QED) is 0.394. The number of piperazine rings is 1. The number of carbonyl (C=O) groups excluding carboxylic acids is 1. The average Bonchev–Trinajstić information content (AvgIpc) is 3.44. The number of aromatic nitrogens is 3. The zero-order valence-corrected chi connectivity index (χ0v) is 20.4. The zero-order valence-electron chi connectivity index (χ0n) is 20.4. The molecule has 1 fully saturated rings. The van der Waals surface area contributed by atoms with Crippen LogP contribution in [0.2, 0.25) is 0 Å². The van der Waals surface area contributed by atoms with E-state index in [1.165, 1.54) is 5.56 Å². The van der Waals surface area contributed by atoms with Gasteiger partial charge in [-0.05, 0) is 47.5 Å². The molecule has 0 bridgehead atoms. The number of carbonyl (C=O) groups is 1. The summed E-state index contributed by atoms with van der Waals surface area (Å²) in [5.41, 5.74) is 5.48. The van der Waals surface area contributed by atoms with Gasteiger partial charge in [-0.2, -0.15) is 0 Å². The second kappa shape index (κ2) is 11.0. The van der Waals surface area contributed by atoms with Gasteiger partial charge >= 0.3 is 0 Å². The molecule has 0 atom stereocenters. The molecule has 184 valence electrons. The largest absolute Gasteiger partial charge is 0.497 e. The maximum absolute atomic E-state index is 11.8. The summed E-state index contributed by atoms with van der Waals surface area (Å²) in [4.78, 5) is 25.0. The first-order valence-corrected chi connectivity index (χ1v) is 12.1. The summed E-state index contributed by atoms with van der Waals surface area (Å²) >= 11 is 0. The molecule has 4 aromatic rings. The van der Waals surface area contributed by atoms with E-state index < -0.39 is 0 Å². The number of rotatable bonds is 9. The van der Waals surface area contributed by atoms with Gasteiger partial charge in [0.2, 0.25) is 5.91 Å². The number of imidazole rings is 1. The smallest absolute Gasteiger partial charge is 0.234 e. The van der Waals surface area contributed by atoms with Gasteiger partial charge in [-0.15, -0.1) is 0 Å². The van der Waals surface area contributed by atoms with E-state index in [4.69, 9.17) is 4.74 Å². The second-order valence-corrected chi connectivity index (χ2v) is 8.91. The molecule has 2 aromatic carbocycles. The normalized spacial score (nSPS) is 13.9. The number of nitrogens with zero attached hydrogens (tertiary/aromatic N) is 5. The number of ether oxygens (including phenoxy) is 1. The minimum atomic E-state index is 0.0659. The number of benzene rings is 2. The molecule has 0 saturated carbocycles. The Kier molecular flexibility index (Phi) is 7.23. The third kappa shape index (κ3) is 5.90. The zero-order chi connectivity index (χ0) is 24.7. The molecule has 0 spiro atoms. The molecule has 1 aliphatic heterocycles. The van der Waals surface area contributed by atoms with Crippen molar-refractivity contribution in [2.45, 2.75) is 19.6 Å². The van der Waals surface area contributed by atoms with Gasteiger partial charge in [-0.25, -0.2) is 4.98 Å². The summed E-state index contributed by atoms with van der Waals surface area (Å²) in [5, 5.41) is 2.88. The van der Waals surface area contributed by atoms with Gasteiger partial charge in [0.15, 0.2) is 0 Å². The van der Waals surface area contributed by atoms with Gasteiger partial charge in [0.1, 0.15) is 5.75 Å². The first-order chi connectivity index (χ1) is 17.7. The fourth-order valence-electron chi connectivity index (χ4n) is 4.44. The SMILES string of the molecule is COc1cccc(CN(Cc2ccc(-n3ccnc3)cc2)c2ccnc(CN3CCNC(=O)C3)c2)c1. The molecule has 36 heavy (non-hydrogen) atoms. The molecular weight excluding hydrogens is 452 g/mol. The minimum absolute atomic E-state index is 0.0659. The molecule has 5 rings (SSSR count). The molecule has 8 nitrogen and oxygen atoms in total. The van der Waals surface area contributed by atoms with Crippen LogP contribution in [0.1, 0.15) is 16.8 Å². The molecule has 3 heterocycles. The van der Waals surface area contributed by atoms with E-state index in [0.29, 0.717) is 19.6 Å². The van der Waals surface area contributed by atoms with E-state index in [0.717, 1.165) is 48.0 Å². The van der Waals surface area contributed by atoms with Crippen molar-refractivity contribution < 1.29 is 9.53 Å². The van der Waals surface area contributed by atoms with Crippen LogP contribution in [0.5, 0.6) is 5.75 Å². The Morgan fingerprint density at radius 2 is 1.89 bits per heavy atom. The maximum Gasteiger partial charge on any atom is 0.234 e. The highest BCUT2D eigenvalue weighted by Crippen LogP contribution is 2.23. The third-order valence-electron chi connectivity index (χ3n) is 6.29. The fraction of sp³-hybridized carbons (Fsp3) is 0.250. The first-order valence-electron chi connectivity index (χ1n) is 12.1. The van der Waals surface area contributed by atoms with Crippen molar-refractivity contribution >= 4 is 11.6 Å². The van der Waals surface area contributed by atoms with Crippen LogP contribution in [-0.2, 0) is 24.4 Å². The summed E-state index contributed by atoms with van der Waals surface area (Å²) < 4.78 is 7.44. The molecule has 1 aliphatic rings. The molecule has 1 N–H and O–H groups in total. The number of anilines is 1. The van der Waals surface area contributed by atoms with Crippen LogP contribution in [0.3, 0.4) is 0 Å². The lowest BCUT2D eigenvalue weighted by atomic mass is 10.1. The van der Waals surface area contributed by atoms with E-state index in [1.807, 2.05) is 35.2 Å². The van der Waals surface area contributed by atoms with Crippen molar-refractivity contribution in [2.24, 2.45) is 0 Å². The molecule has 1 amide bonds. The highest BCUT2D eigenvalue weighted by atomic mass is 16.5. The third-order valence-corrected chi connectivity index (χ3v) is 6.29. The van der Waals surface area contributed by atoms with Crippen molar-refractivity contribution in [3.63, 3.8) is 0 Å². The summed E-state index contributed by atoms with van der Waals surface area (Å²) in [5.74, 6) is 0.909. The number of nitrogens with one attached hydrogen (secondary N) is 1. The van der Waals surface area contributed by atoms with E-state index in [1.54, 1.807) is 19.6 Å². The van der Waals surface area contributed by atoms with Gasteiger partial charge in [-0.1, -0.05) is 24.3 Å². The van der Waals surface area contributed by atoms with Crippen molar-refractivity contribution in [2.75, 3.05) is 31.6 Å². The number of amides is 1. The summed E-state index contributed by atoms with van der Waals surface area (Å²) in [6.45, 7) is 4.01. The van der Waals surface area contributed by atoms with Crippen molar-refractivity contribution in [1.82, 2.24) is 24.8 Å². The van der Waals surface area contributed by atoms with Crippen molar-refractivity contribution in [1.29, 1.82) is 0 Å². The van der Waals surface area contributed by atoms with Gasteiger partial charge in [0, 0.05) is 62.7 Å². The summed E-state index contributed by atoms with van der Waals surface area (Å²) in [7, 11) is 1.69. The van der Waals surface area contributed by atoms with Crippen molar-refractivity contribution in [3.8, 4) is 11.4 Å². The van der Waals surface area contributed by atoms with E-state index >= 15 is 0 Å². The van der Waals surface area contributed by atoms with Crippen LogP contribution in [-0.4, -0.2) is 52.1 Å². The average molecular weight is 483 g/mol. The monoisotopic (exact) mass is 482 g/mol. The topological polar surface area (TPSA) is 75.5 Å². The molecule has 1 saturated heterocycles. The standard InChI is InChI=1S/C28H30N6O2/c1-36-27-4-2-3-23(15-27)18-34(17-22-5-7-25(8-6-22)33-14-11-29-21-33)26-9-10-30-24(16-26)19-32-13-12-31-28(35)20-32/h2-11,14-16,21H,12-13,17-20H2,1H3,(H,31,35). The fourth-order valence-corrected chi connectivity index (χ4v) is 4.44. The number of pyridine rings is 1. The first kappa shape index (κ1) is 23.6. The Labute approximate surface area is 211 Å². The van der Waals surface area contributed by atoms with Gasteiger partial charge in [0.25, 0.3) is 0 Å². The van der Waals surface area contributed by atoms with E-state index in [2.05, 4.69) is 67.5 Å². The highest BCUT2D eigenvalue weighted by Gasteiger charge is 2.17. The minimum Gasteiger partial charge on any atom is -0.497 e. The number of hydrogen-bond donors (Lipinski definition) is 1. The lowest BCUT2D eigenvalue weighted by molar-refractivity contribution is -0.124. The van der Waals surface area contributed by atoms with E-state index in [-0.39, 0.29) is 5.91 Å². The molecule has 0 unspecified atom stereocenters. The second-order valence-electron chi connectivity index (χ2n) is 8.91.